The Morgan fingerprint density at radius 2 is 2.19 bits per heavy atom. The molecule has 1 aromatic heterocycles. The van der Waals surface area contributed by atoms with E-state index < -0.39 is 0 Å². The lowest BCUT2D eigenvalue weighted by molar-refractivity contribution is 0.0783. The van der Waals surface area contributed by atoms with E-state index in [1.165, 1.54) is 0 Å². The van der Waals surface area contributed by atoms with Crippen LogP contribution in [0.1, 0.15) is 26.6 Å². The van der Waals surface area contributed by atoms with Crippen molar-refractivity contribution >= 4 is 17.2 Å². The fourth-order valence-electron chi connectivity index (χ4n) is 1.91. The number of aromatic nitrogens is 1. The molecule has 0 spiro atoms. The second-order valence-electron chi connectivity index (χ2n) is 4.52. The molecule has 2 rings (SSSR count). The molecule has 2 aromatic rings. The molecule has 0 unspecified atom stereocenters. The summed E-state index contributed by atoms with van der Waals surface area (Å²) in [5.74, 6) is 5.27. The van der Waals surface area contributed by atoms with Crippen molar-refractivity contribution in [3.63, 3.8) is 0 Å². The summed E-state index contributed by atoms with van der Waals surface area (Å²) >= 11 is 1.57. The molecule has 4 nitrogen and oxygen atoms in total. The van der Waals surface area contributed by atoms with Crippen LogP contribution < -0.4 is 0 Å². The molecule has 1 amide bonds. The standard InChI is InChI=1S/C16H16N2O2S/c1-12-17-14(11-21-12)10-18(2)16(20)15-8-4-3-6-13(15)7-5-9-19/h3-4,6,8,11,19H,9-10H2,1-2H3. The van der Waals surface area contributed by atoms with Gasteiger partial charge in [0.1, 0.15) is 6.61 Å². The number of hydrogen-bond donors (Lipinski definition) is 1. The van der Waals surface area contributed by atoms with Crippen LogP contribution >= 0.6 is 11.3 Å². The van der Waals surface area contributed by atoms with Gasteiger partial charge in [-0.3, -0.25) is 4.79 Å². The first-order valence-electron chi connectivity index (χ1n) is 6.47. The van der Waals surface area contributed by atoms with E-state index in [9.17, 15) is 4.79 Å². The predicted octanol–water partition coefficient (Wildman–Crippen LogP) is 2.07. The van der Waals surface area contributed by atoms with Crippen LogP contribution in [0.4, 0.5) is 0 Å². The Morgan fingerprint density at radius 1 is 1.43 bits per heavy atom. The average Bonchev–Trinajstić information content (AvgIpc) is 2.89. The third kappa shape index (κ3) is 3.91. The summed E-state index contributed by atoms with van der Waals surface area (Å²) in [5, 5.41) is 11.7. The van der Waals surface area contributed by atoms with Crippen LogP contribution in [0.2, 0.25) is 0 Å². The number of aliphatic hydroxyl groups is 1. The first kappa shape index (κ1) is 15.2. The smallest absolute Gasteiger partial charge is 0.255 e. The third-order valence-electron chi connectivity index (χ3n) is 2.87. The minimum atomic E-state index is -0.226. The van der Waals surface area contributed by atoms with Crippen molar-refractivity contribution in [2.45, 2.75) is 13.5 Å². The average molecular weight is 300 g/mol. The van der Waals surface area contributed by atoms with Crippen molar-refractivity contribution in [2.75, 3.05) is 13.7 Å². The fourth-order valence-corrected chi connectivity index (χ4v) is 2.52. The zero-order valence-corrected chi connectivity index (χ0v) is 12.8. The number of amides is 1. The number of rotatable bonds is 3. The van der Waals surface area contributed by atoms with Crippen molar-refractivity contribution < 1.29 is 9.90 Å². The molecule has 108 valence electrons. The number of nitrogens with zero attached hydrogens (tertiary/aromatic N) is 2. The molecule has 5 heteroatoms. The number of hydrogen-bond acceptors (Lipinski definition) is 4. The van der Waals surface area contributed by atoms with Gasteiger partial charge < -0.3 is 10.0 Å². The van der Waals surface area contributed by atoms with Crippen molar-refractivity contribution in [3.05, 3.63) is 51.5 Å². The summed E-state index contributed by atoms with van der Waals surface area (Å²) in [4.78, 5) is 18.5. The van der Waals surface area contributed by atoms with Gasteiger partial charge in [0.15, 0.2) is 0 Å². The van der Waals surface area contributed by atoms with E-state index in [4.69, 9.17) is 5.11 Å². The summed E-state index contributed by atoms with van der Waals surface area (Å²) in [5.41, 5.74) is 2.04. The van der Waals surface area contributed by atoms with Gasteiger partial charge in [0.25, 0.3) is 5.91 Å². The van der Waals surface area contributed by atoms with Gasteiger partial charge in [0.05, 0.1) is 22.8 Å². The summed E-state index contributed by atoms with van der Waals surface area (Å²) in [6.45, 7) is 2.18. The summed E-state index contributed by atoms with van der Waals surface area (Å²) in [6.07, 6.45) is 0. The molecule has 0 fully saturated rings. The number of benzene rings is 1. The van der Waals surface area contributed by atoms with Gasteiger partial charge in [-0.25, -0.2) is 4.98 Å². The third-order valence-corrected chi connectivity index (χ3v) is 3.69. The molecule has 1 heterocycles. The summed E-state index contributed by atoms with van der Waals surface area (Å²) < 4.78 is 0. The highest BCUT2D eigenvalue weighted by molar-refractivity contribution is 7.09. The lowest BCUT2D eigenvalue weighted by atomic mass is 10.1. The van der Waals surface area contributed by atoms with Gasteiger partial charge in [0, 0.05) is 18.0 Å². The predicted molar refractivity (Wildman–Crippen MR) is 83.1 cm³/mol. The second-order valence-corrected chi connectivity index (χ2v) is 5.59. The minimum Gasteiger partial charge on any atom is -0.384 e. The van der Waals surface area contributed by atoms with Gasteiger partial charge in [-0.1, -0.05) is 24.0 Å². The summed E-state index contributed by atoms with van der Waals surface area (Å²) in [6, 6.07) is 7.14. The van der Waals surface area contributed by atoms with Crippen LogP contribution in [0.5, 0.6) is 0 Å². The number of aliphatic hydroxyl groups excluding tert-OH is 1. The van der Waals surface area contributed by atoms with Crippen LogP contribution in [0.15, 0.2) is 29.6 Å². The number of aryl methyl sites for hydroxylation is 1. The lowest BCUT2D eigenvalue weighted by Crippen LogP contribution is -2.27. The molecule has 0 atom stereocenters. The van der Waals surface area contributed by atoms with E-state index in [-0.39, 0.29) is 12.5 Å². The number of carbonyl (C=O) groups is 1. The maximum absolute atomic E-state index is 12.5. The molecule has 0 saturated heterocycles. The SMILES string of the molecule is Cc1nc(CN(C)C(=O)c2ccccc2C#CCO)cs1. The van der Waals surface area contributed by atoms with E-state index in [1.54, 1.807) is 41.5 Å². The van der Waals surface area contributed by atoms with Crippen molar-refractivity contribution in [3.8, 4) is 11.8 Å². The van der Waals surface area contributed by atoms with Crippen LogP contribution in [0.3, 0.4) is 0 Å². The number of carbonyl (C=O) groups excluding carboxylic acids is 1. The number of thiazole rings is 1. The highest BCUT2D eigenvalue weighted by Gasteiger charge is 2.15. The Hall–Kier alpha value is -2.16. The second kappa shape index (κ2) is 7.02. The Bertz CT molecular complexity index is 698. The Balaban J connectivity index is 2.19. The molecule has 0 aliphatic rings. The van der Waals surface area contributed by atoms with Crippen LogP contribution in [0, 0.1) is 18.8 Å². The quantitative estimate of drug-likeness (QED) is 0.883. The highest BCUT2D eigenvalue weighted by Crippen LogP contribution is 2.14. The Labute approximate surface area is 128 Å². The lowest BCUT2D eigenvalue weighted by Gasteiger charge is -2.16. The van der Waals surface area contributed by atoms with Gasteiger partial charge in [-0.2, -0.15) is 0 Å². The molecule has 1 N–H and O–H groups in total. The molecule has 0 radical (unpaired) electrons. The molecule has 0 bridgehead atoms. The molecule has 0 saturated carbocycles. The van der Waals surface area contributed by atoms with Crippen LogP contribution in [-0.4, -0.2) is 34.6 Å². The topological polar surface area (TPSA) is 53.4 Å². The highest BCUT2D eigenvalue weighted by atomic mass is 32.1. The molecule has 1 aromatic carbocycles. The van der Waals surface area contributed by atoms with E-state index in [0.29, 0.717) is 17.7 Å². The van der Waals surface area contributed by atoms with Gasteiger partial charge in [-0.05, 0) is 19.1 Å². The molecule has 0 aliphatic heterocycles. The monoisotopic (exact) mass is 300 g/mol. The first-order chi connectivity index (χ1) is 10.1. The molecular weight excluding hydrogens is 284 g/mol. The minimum absolute atomic E-state index is 0.108. The summed E-state index contributed by atoms with van der Waals surface area (Å²) in [7, 11) is 1.74. The maximum Gasteiger partial charge on any atom is 0.255 e. The molecular formula is C16H16N2O2S. The van der Waals surface area contributed by atoms with Gasteiger partial charge in [-0.15, -0.1) is 11.3 Å². The largest absolute Gasteiger partial charge is 0.384 e. The van der Waals surface area contributed by atoms with E-state index in [0.717, 1.165) is 10.7 Å². The normalized spacial score (nSPS) is 9.86. The zero-order valence-electron chi connectivity index (χ0n) is 12.0. The van der Waals surface area contributed by atoms with E-state index in [1.807, 2.05) is 18.4 Å². The van der Waals surface area contributed by atoms with Gasteiger partial charge in [0.2, 0.25) is 0 Å². The fraction of sp³-hybridized carbons (Fsp3) is 0.250. The van der Waals surface area contributed by atoms with Crippen LogP contribution in [0.25, 0.3) is 0 Å². The maximum atomic E-state index is 12.5. The van der Waals surface area contributed by atoms with Crippen LogP contribution in [-0.2, 0) is 6.54 Å². The van der Waals surface area contributed by atoms with Crippen molar-refractivity contribution in [1.82, 2.24) is 9.88 Å². The Kier molecular flexibility index (Phi) is 5.09. The first-order valence-corrected chi connectivity index (χ1v) is 7.35. The Morgan fingerprint density at radius 3 is 2.86 bits per heavy atom. The van der Waals surface area contributed by atoms with Crippen molar-refractivity contribution in [1.29, 1.82) is 0 Å². The van der Waals surface area contributed by atoms with Crippen molar-refractivity contribution in [2.24, 2.45) is 0 Å². The van der Waals surface area contributed by atoms with E-state index in [2.05, 4.69) is 16.8 Å². The van der Waals surface area contributed by atoms with Gasteiger partial charge >= 0.3 is 0 Å². The van der Waals surface area contributed by atoms with E-state index >= 15 is 0 Å². The molecule has 0 aliphatic carbocycles. The zero-order chi connectivity index (χ0) is 15.2. The molecule has 21 heavy (non-hydrogen) atoms.